The molecule has 86 heavy (non-hydrogen) atoms. The fourth-order valence-corrected chi connectivity index (χ4v) is 8.38. The molecule has 0 bridgehead atoms. The number of carbonyl (C=O) groups is 3. The van der Waals surface area contributed by atoms with Gasteiger partial charge in [-0.1, -0.05) is 119 Å². The Balaban J connectivity index is 0.000000604. The molecular formula is C57H55Cl11F3N9O6. The third-order valence-electron chi connectivity index (χ3n) is 10.1. The summed E-state index contributed by atoms with van der Waals surface area (Å²) in [7, 11) is 0. The first kappa shape index (κ1) is 78.2. The molecule has 0 aliphatic carbocycles. The predicted octanol–water partition coefficient (Wildman–Crippen LogP) is 14.7. The largest absolute Gasteiger partial charge is 0.482 e. The second-order valence-electron chi connectivity index (χ2n) is 16.1. The first-order valence-corrected chi connectivity index (χ1v) is 28.9. The van der Waals surface area contributed by atoms with Crippen LogP contribution in [0.3, 0.4) is 0 Å². The number of amides is 2. The zero-order valence-corrected chi connectivity index (χ0v) is 53.3. The van der Waals surface area contributed by atoms with Gasteiger partial charge in [0.05, 0.1) is 45.9 Å². The van der Waals surface area contributed by atoms with E-state index in [2.05, 4.69) is 61.1 Å². The van der Waals surface area contributed by atoms with Crippen LogP contribution in [0, 0.1) is 53.0 Å². The van der Waals surface area contributed by atoms with Crippen LogP contribution in [0.2, 0.25) is 30.1 Å². The molecule has 10 N–H and O–H groups in total. The molecule has 0 fully saturated rings. The van der Waals surface area contributed by atoms with Crippen LogP contribution in [-0.2, 0) is 14.4 Å². The highest BCUT2D eigenvalue weighted by molar-refractivity contribution is 6.67. The molecule has 2 amide bonds. The highest BCUT2D eigenvalue weighted by atomic mass is 35.5. The van der Waals surface area contributed by atoms with Gasteiger partial charge in [0, 0.05) is 91.7 Å². The lowest BCUT2D eigenvalue weighted by Crippen LogP contribution is -2.24. The number of hydrogen-bond donors (Lipinski definition) is 6. The standard InChI is InChI=1S/C19H18Cl2FN3O2.C18H15Cl3FN3O2.C16H14Cl2FN3O.C2H2Cl2O.CH2Cl2.CH4/c1-3-16(26)24-8-4-5-12-9-15(19(23)25-10-12)27-11(2)17-13(20)6-7-14(22)18(17)21;1-10(16-12(20)4-5-13(22)17(16)21)27-14-7-11(9-25-18(14)23)3-2-6-24-15(26)8-19;1-9(14-11(17)4-5-12(19)15(14)18)23-13-7-10(3-2-6-20)8-22-16(13)21;3-1-2(4)5;2-1-3;/h6-7,9-11H,3,8H2,1-2H3,(H2,23,25)(H,24,26);4-5,7,9-10H,6,8H2,1H3,(H2,23,25)(H,24,26);4-5,7-9H,6,20H2,1H3,(H2,21,22);1H2;1H2;1H4. The van der Waals surface area contributed by atoms with Gasteiger partial charge in [0.15, 0.2) is 34.7 Å². The number of rotatable bonds is 14. The highest BCUT2D eigenvalue weighted by Crippen LogP contribution is 2.39. The van der Waals surface area contributed by atoms with Gasteiger partial charge in [-0.25, -0.2) is 28.1 Å². The highest BCUT2D eigenvalue weighted by Gasteiger charge is 2.23. The van der Waals surface area contributed by atoms with E-state index in [9.17, 15) is 27.6 Å². The average molecular weight is 1410 g/mol. The average Bonchev–Trinajstić information content (AvgIpc) is 2.95. The van der Waals surface area contributed by atoms with Gasteiger partial charge in [-0.15, -0.1) is 46.4 Å². The summed E-state index contributed by atoms with van der Waals surface area (Å²) in [4.78, 5) is 43.7. The summed E-state index contributed by atoms with van der Waals surface area (Å²) in [5, 5.41) is 5.39. The molecule has 6 aromatic rings. The number of ether oxygens (including phenoxy) is 3. The van der Waals surface area contributed by atoms with E-state index in [1.165, 1.54) is 55.0 Å². The van der Waals surface area contributed by atoms with Crippen LogP contribution in [0.25, 0.3) is 0 Å². The molecule has 462 valence electrons. The number of nitrogens with two attached hydrogens (primary N) is 4. The third kappa shape index (κ3) is 26.6. The Morgan fingerprint density at radius 3 is 1.10 bits per heavy atom. The number of nitrogens with one attached hydrogen (secondary N) is 2. The molecule has 0 saturated carbocycles. The lowest BCUT2D eigenvalue weighted by molar-refractivity contribution is -0.120. The van der Waals surface area contributed by atoms with Crippen molar-refractivity contribution < 1.29 is 41.8 Å². The molecule has 3 unspecified atom stereocenters. The van der Waals surface area contributed by atoms with Crippen molar-refractivity contribution in [3.63, 3.8) is 0 Å². The Morgan fingerprint density at radius 1 is 0.547 bits per heavy atom. The predicted molar refractivity (Wildman–Crippen MR) is 344 cm³/mol. The normalized spacial score (nSPS) is 10.8. The van der Waals surface area contributed by atoms with E-state index in [-0.39, 0.29) is 110 Å². The van der Waals surface area contributed by atoms with Crippen molar-refractivity contribution in [2.24, 2.45) is 5.73 Å². The zero-order chi connectivity index (χ0) is 63.9. The molecule has 15 nitrogen and oxygen atoms in total. The molecule has 0 radical (unpaired) electrons. The summed E-state index contributed by atoms with van der Waals surface area (Å²) >= 11 is 60.8. The molecule has 0 aliphatic rings. The fraction of sp³-hybridized carbons (Fsp3) is 0.263. The number of hydrogen-bond acceptors (Lipinski definition) is 13. The maximum Gasteiger partial charge on any atom is 0.236 e. The maximum absolute atomic E-state index is 13.7. The Hall–Kier alpha value is -5.86. The smallest absolute Gasteiger partial charge is 0.236 e. The number of nitrogen functional groups attached to an aromatic ring is 3. The number of aromatic nitrogens is 3. The lowest BCUT2D eigenvalue weighted by Gasteiger charge is -2.18. The van der Waals surface area contributed by atoms with E-state index in [0.29, 0.717) is 50.6 Å². The fourth-order valence-electron chi connectivity index (χ4n) is 6.25. The Bertz CT molecular complexity index is 3310. The van der Waals surface area contributed by atoms with Crippen LogP contribution in [-0.4, -0.2) is 68.7 Å². The molecule has 0 saturated heterocycles. The van der Waals surface area contributed by atoms with E-state index in [1.54, 1.807) is 45.9 Å². The van der Waals surface area contributed by atoms with Crippen molar-refractivity contribution in [1.29, 1.82) is 0 Å². The Morgan fingerprint density at radius 2 is 0.837 bits per heavy atom. The Kier molecular flexibility index (Phi) is 37.6. The number of anilines is 3. The maximum atomic E-state index is 13.7. The molecule has 3 atom stereocenters. The number of nitrogens with zero attached hydrogens (tertiary/aromatic N) is 3. The molecule has 0 aliphatic heterocycles. The van der Waals surface area contributed by atoms with Gasteiger partial charge in [0.25, 0.3) is 0 Å². The van der Waals surface area contributed by atoms with Crippen LogP contribution in [0.15, 0.2) is 73.2 Å². The van der Waals surface area contributed by atoms with Gasteiger partial charge in [-0.05, 0) is 68.8 Å². The topological polar surface area (TPSA) is 246 Å². The Labute approximate surface area is 551 Å². The summed E-state index contributed by atoms with van der Waals surface area (Å²) in [5.41, 5.74) is 25.5. The van der Waals surface area contributed by atoms with Crippen molar-refractivity contribution in [3.05, 3.63) is 154 Å². The van der Waals surface area contributed by atoms with Crippen LogP contribution in [0.1, 0.15) is 93.2 Å². The third-order valence-corrected chi connectivity index (χ3v) is 13.0. The molecule has 3 aromatic carbocycles. The van der Waals surface area contributed by atoms with E-state index >= 15 is 0 Å². The molecular weight excluding hydrogens is 1350 g/mol. The van der Waals surface area contributed by atoms with Crippen LogP contribution in [0.4, 0.5) is 30.6 Å². The number of pyridine rings is 3. The lowest BCUT2D eigenvalue weighted by atomic mass is 10.1. The first-order valence-electron chi connectivity index (χ1n) is 24.1. The van der Waals surface area contributed by atoms with Crippen LogP contribution < -0.4 is 47.8 Å². The second-order valence-corrected chi connectivity index (χ2v) is 20.2. The number of alkyl halides is 4. The van der Waals surface area contributed by atoms with Crippen LogP contribution >= 0.6 is 128 Å². The van der Waals surface area contributed by atoms with Gasteiger partial charge in [-0.3, -0.25) is 14.4 Å². The van der Waals surface area contributed by atoms with Crippen molar-refractivity contribution in [3.8, 4) is 52.8 Å². The van der Waals surface area contributed by atoms with Crippen molar-refractivity contribution in [1.82, 2.24) is 25.6 Å². The molecule has 29 heteroatoms. The summed E-state index contributed by atoms with van der Waals surface area (Å²) in [6, 6.07) is 12.6. The molecule has 6 rings (SSSR count). The summed E-state index contributed by atoms with van der Waals surface area (Å²) in [6.45, 7) is 7.36. The minimum Gasteiger partial charge on any atom is -0.482 e. The van der Waals surface area contributed by atoms with Gasteiger partial charge < -0.3 is 47.8 Å². The quantitative estimate of drug-likeness (QED) is 0.0257. The van der Waals surface area contributed by atoms with Gasteiger partial charge in [-0.2, -0.15) is 0 Å². The number of carbonyl (C=O) groups excluding carboxylic acids is 3. The van der Waals surface area contributed by atoms with E-state index < -0.39 is 41.0 Å². The van der Waals surface area contributed by atoms with Gasteiger partial charge in [0.1, 0.15) is 41.6 Å². The minimum atomic E-state index is -0.684. The zero-order valence-electron chi connectivity index (χ0n) is 45.0. The van der Waals surface area contributed by atoms with Gasteiger partial charge >= 0.3 is 0 Å². The van der Waals surface area contributed by atoms with E-state index in [0.717, 1.165) is 0 Å². The summed E-state index contributed by atoms with van der Waals surface area (Å²) in [6.07, 6.45) is 2.87. The monoisotopic (exact) mass is 1400 g/mol. The summed E-state index contributed by atoms with van der Waals surface area (Å²) in [5.74, 6) is 15.7. The molecule has 0 spiro atoms. The van der Waals surface area contributed by atoms with Crippen molar-refractivity contribution >= 4 is 162 Å². The number of benzene rings is 3. The SMILES string of the molecule is C.CC(Oc1cc(C#CCN)cnc1N)c1c(Cl)ccc(F)c1Cl.CC(Oc1cc(C#CCNC(=O)CCl)cnc1N)c1c(Cl)ccc(F)c1Cl.CCC(=O)NCC#Cc1cnc(N)c(OC(C)c2c(Cl)ccc(F)c2Cl)c1.ClCCl.O=C(Cl)CCl. The van der Waals surface area contributed by atoms with E-state index in [4.69, 9.17) is 165 Å². The van der Waals surface area contributed by atoms with Crippen molar-refractivity contribution in [2.75, 3.05) is 53.9 Å². The molecule has 3 heterocycles. The van der Waals surface area contributed by atoms with Gasteiger partial charge in [0.2, 0.25) is 17.1 Å². The van der Waals surface area contributed by atoms with E-state index in [1.807, 2.05) is 0 Å². The number of halogens is 14. The summed E-state index contributed by atoms with van der Waals surface area (Å²) < 4.78 is 58.4. The first-order chi connectivity index (χ1) is 40.3. The van der Waals surface area contributed by atoms with Crippen LogP contribution in [0.5, 0.6) is 17.2 Å². The van der Waals surface area contributed by atoms with Crippen molar-refractivity contribution in [2.45, 2.75) is 59.9 Å². The second kappa shape index (κ2) is 41.3. The molecule has 3 aromatic heterocycles. The minimum absolute atomic E-state index is 0.